The van der Waals surface area contributed by atoms with Crippen LogP contribution in [0.5, 0.6) is 0 Å². The molecule has 0 aliphatic carbocycles. The number of nitrogens with zero attached hydrogens (tertiary/aromatic N) is 3. The number of benzene rings is 1. The summed E-state index contributed by atoms with van der Waals surface area (Å²) in [7, 11) is 0. The lowest BCUT2D eigenvalue weighted by Gasteiger charge is -2.15. The van der Waals surface area contributed by atoms with Crippen LogP contribution >= 0.6 is 11.9 Å². The highest BCUT2D eigenvalue weighted by molar-refractivity contribution is 8.00. The molecule has 2 rings (SSSR count). The predicted molar refractivity (Wildman–Crippen MR) is 84.4 cm³/mol. The normalized spacial score (nSPS) is 13.0. The van der Waals surface area contributed by atoms with Crippen molar-refractivity contribution in [1.29, 1.82) is 0 Å². The Labute approximate surface area is 127 Å². The molecule has 0 spiro atoms. The monoisotopic (exact) mass is 307 g/mol. The molecule has 0 aliphatic rings. The highest BCUT2D eigenvalue weighted by atomic mass is 32.2. The molecule has 1 aromatic carbocycles. The van der Waals surface area contributed by atoms with Gasteiger partial charge in [0.25, 0.3) is 0 Å². The third-order valence-corrected chi connectivity index (χ3v) is 3.71. The van der Waals surface area contributed by atoms with Crippen LogP contribution in [0.2, 0.25) is 0 Å². The Hall–Kier alpha value is -1.89. The Balaban J connectivity index is 2.08. The molecule has 0 bridgehead atoms. The van der Waals surface area contributed by atoms with Gasteiger partial charge in [0.05, 0.1) is 0 Å². The van der Waals surface area contributed by atoms with Crippen LogP contribution in [0.25, 0.3) is 0 Å². The van der Waals surface area contributed by atoms with E-state index in [0.717, 1.165) is 0 Å². The van der Waals surface area contributed by atoms with E-state index in [-0.39, 0.29) is 23.0 Å². The molecule has 21 heavy (non-hydrogen) atoms. The van der Waals surface area contributed by atoms with E-state index < -0.39 is 5.67 Å². The van der Waals surface area contributed by atoms with E-state index >= 15 is 0 Å². The second-order valence-electron chi connectivity index (χ2n) is 5.09. The summed E-state index contributed by atoms with van der Waals surface area (Å²) in [6, 6.07) is 10.0. The molecule has 1 heterocycles. The zero-order valence-corrected chi connectivity index (χ0v) is 13.0. The Kier molecular flexibility index (Phi) is 4.62. The molecule has 1 atom stereocenters. The van der Waals surface area contributed by atoms with Crippen molar-refractivity contribution >= 4 is 23.8 Å². The molecular weight excluding hydrogens is 289 g/mol. The van der Waals surface area contributed by atoms with Crippen LogP contribution < -0.4 is 10.5 Å². The van der Waals surface area contributed by atoms with Crippen molar-refractivity contribution in [2.24, 2.45) is 0 Å². The Morgan fingerprint density at radius 3 is 2.48 bits per heavy atom. The fourth-order valence-corrected chi connectivity index (χ4v) is 2.30. The standard InChI is InChI=1S/C14H18FN5S/c1-9(10-7-5-4-6-8-10)21-20-13-18-11(14(2,3)15)17-12(16)19-13/h4-9H,1-3H3,(H3,16,17,18,19,20). The summed E-state index contributed by atoms with van der Waals surface area (Å²) in [5.41, 5.74) is 5.10. The van der Waals surface area contributed by atoms with Crippen molar-refractivity contribution in [2.75, 3.05) is 10.5 Å². The van der Waals surface area contributed by atoms with Gasteiger partial charge in [-0.3, -0.25) is 4.72 Å². The summed E-state index contributed by atoms with van der Waals surface area (Å²) in [5, 5.41) is 0.186. The maximum absolute atomic E-state index is 13.9. The highest BCUT2D eigenvalue weighted by Gasteiger charge is 2.24. The number of alkyl halides is 1. The summed E-state index contributed by atoms with van der Waals surface area (Å²) >= 11 is 1.43. The molecule has 2 aromatic rings. The van der Waals surface area contributed by atoms with Crippen molar-refractivity contribution in [3.05, 3.63) is 41.7 Å². The maximum atomic E-state index is 13.9. The lowest BCUT2D eigenvalue weighted by Crippen LogP contribution is -2.17. The summed E-state index contributed by atoms with van der Waals surface area (Å²) in [4.78, 5) is 11.9. The number of anilines is 2. The number of rotatable bonds is 5. The molecule has 0 saturated carbocycles. The van der Waals surface area contributed by atoms with Crippen molar-refractivity contribution in [2.45, 2.75) is 31.7 Å². The van der Waals surface area contributed by atoms with Gasteiger partial charge in [-0.05, 0) is 38.3 Å². The Morgan fingerprint density at radius 1 is 1.19 bits per heavy atom. The van der Waals surface area contributed by atoms with E-state index in [2.05, 4.69) is 26.6 Å². The van der Waals surface area contributed by atoms with Gasteiger partial charge >= 0.3 is 0 Å². The number of nitrogen functional groups attached to an aromatic ring is 1. The molecule has 7 heteroatoms. The first-order chi connectivity index (χ1) is 9.86. The smallest absolute Gasteiger partial charge is 0.238 e. The second-order valence-corrected chi connectivity index (χ2v) is 6.23. The molecule has 112 valence electrons. The van der Waals surface area contributed by atoms with Crippen LogP contribution in [-0.2, 0) is 5.67 Å². The molecule has 3 N–H and O–H groups in total. The minimum Gasteiger partial charge on any atom is -0.368 e. The molecule has 0 amide bonds. The van der Waals surface area contributed by atoms with E-state index in [9.17, 15) is 4.39 Å². The third-order valence-electron chi connectivity index (χ3n) is 2.78. The summed E-state index contributed by atoms with van der Waals surface area (Å²) in [6.07, 6.45) is 0. The first-order valence-corrected chi connectivity index (χ1v) is 7.42. The van der Waals surface area contributed by atoms with Crippen LogP contribution in [0.15, 0.2) is 30.3 Å². The number of aromatic nitrogens is 3. The molecular formula is C14H18FN5S. The number of halogens is 1. The molecule has 0 radical (unpaired) electrons. The van der Waals surface area contributed by atoms with Gasteiger partial charge in [-0.15, -0.1) is 0 Å². The van der Waals surface area contributed by atoms with Gasteiger partial charge in [0.1, 0.15) is 0 Å². The zero-order chi connectivity index (χ0) is 15.5. The third kappa shape index (κ3) is 4.29. The molecule has 0 fully saturated rings. The first kappa shape index (κ1) is 15.5. The van der Waals surface area contributed by atoms with Crippen molar-refractivity contribution < 1.29 is 4.39 Å². The fourth-order valence-electron chi connectivity index (χ4n) is 1.64. The van der Waals surface area contributed by atoms with Gasteiger partial charge in [-0.2, -0.15) is 15.0 Å². The topological polar surface area (TPSA) is 76.7 Å². The van der Waals surface area contributed by atoms with Crippen molar-refractivity contribution in [3.63, 3.8) is 0 Å². The average Bonchev–Trinajstić information content (AvgIpc) is 2.44. The average molecular weight is 307 g/mol. The van der Waals surface area contributed by atoms with E-state index in [4.69, 9.17) is 5.73 Å². The van der Waals surface area contributed by atoms with E-state index in [1.54, 1.807) is 0 Å². The minimum atomic E-state index is -1.66. The van der Waals surface area contributed by atoms with E-state index in [1.165, 1.54) is 31.4 Å². The Morgan fingerprint density at radius 2 is 1.86 bits per heavy atom. The van der Waals surface area contributed by atoms with Gasteiger partial charge in [-0.1, -0.05) is 30.3 Å². The second kappa shape index (κ2) is 6.26. The number of hydrogen-bond donors (Lipinski definition) is 2. The minimum absolute atomic E-state index is 0.00110. The lowest BCUT2D eigenvalue weighted by molar-refractivity contribution is 0.206. The van der Waals surface area contributed by atoms with Crippen LogP contribution in [0, 0.1) is 0 Å². The summed E-state index contributed by atoms with van der Waals surface area (Å²) in [5.74, 6) is 0.280. The van der Waals surface area contributed by atoms with Crippen LogP contribution in [0.3, 0.4) is 0 Å². The van der Waals surface area contributed by atoms with Gasteiger partial charge in [0.2, 0.25) is 11.9 Å². The summed E-state index contributed by atoms with van der Waals surface area (Å²) < 4.78 is 16.9. The van der Waals surface area contributed by atoms with Crippen LogP contribution in [-0.4, -0.2) is 15.0 Å². The predicted octanol–water partition coefficient (Wildman–Crippen LogP) is 3.48. The van der Waals surface area contributed by atoms with Gasteiger partial charge in [0, 0.05) is 5.25 Å². The van der Waals surface area contributed by atoms with Crippen molar-refractivity contribution in [3.8, 4) is 0 Å². The van der Waals surface area contributed by atoms with Gasteiger partial charge < -0.3 is 5.73 Å². The fraction of sp³-hybridized carbons (Fsp3) is 0.357. The van der Waals surface area contributed by atoms with Crippen molar-refractivity contribution in [1.82, 2.24) is 15.0 Å². The molecule has 1 aromatic heterocycles. The maximum Gasteiger partial charge on any atom is 0.238 e. The van der Waals surface area contributed by atoms with Crippen LogP contribution in [0.4, 0.5) is 16.3 Å². The van der Waals surface area contributed by atoms with E-state index in [1.807, 2.05) is 30.3 Å². The molecule has 0 aliphatic heterocycles. The molecule has 0 saturated heterocycles. The Bertz CT molecular complexity index is 600. The van der Waals surface area contributed by atoms with Crippen LogP contribution in [0.1, 0.15) is 37.4 Å². The quantitative estimate of drug-likeness (QED) is 0.824. The van der Waals surface area contributed by atoms with Gasteiger partial charge in [-0.25, -0.2) is 4.39 Å². The molecule has 1 unspecified atom stereocenters. The first-order valence-electron chi connectivity index (χ1n) is 6.54. The number of nitrogens with two attached hydrogens (primary N) is 1. The molecule has 5 nitrogen and oxygen atoms in total. The SMILES string of the molecule is CC(SNc1nc(N)nc(C(C)(C)F)n1)c1ccccc1. The number of hydrogen-bond acceptors (Lipinski definition) is 6. The lowest BCUT2D eigenvalue weighted by atomic mass is 10.1. The van der Waals surface area contributed by atoms with E-state index in [0.29, 0.717) is 0 Å². The number of nitrogens with one attached hydrogen (secondary N) is 1. The zero-order valence-electron chi connectivity index (χ0n) is 12.2. The largest absolute Gasteiger partial charge is 0.368 e. The highest BCUT2D eigenvalue weighted by Crippen LogP contribution is 2.29. The van der Waals surface area contributed by atoms with Gasteiger partial charge in [0.15, 0.2) is 11.5 Å². The summed E-state index contributed by atoms with van der Waals surface area (Å²) in [6.45, 7) is 4.81.